The number of piperazine rings is 1. The highest BCUT2D eigenvalue weighted by Crippen LogP contribution is 2.29. The Balaban J connectivity index is 1.41. The van der Waals surface area contributed by atoms with Crippen molar-refractivity contribution >= 4 is 23.2 Å². The lowest BCUT2D eigenvalue weighted by Crippen LogP contribution is -2.52. The molecular formula is C23H27N3O4. The highest BCUT2D eigenvalue weighted by molar-refractivity contribution is 6.22. The maximum Gasteiger partial charge on any atom is 0.251 e. The van der Waals surface area contributed by atoms with E-state index in [1.54, 1.807) is 19.2 Å². The normalized spacial score (nSPS) is 20.0. The topological polar surface area (TPSA) is 62.3 Å². The lowest BCUT2D eigenvalue weighted by molar-refractivity contribution is -0.123. The summed E-state index contributed by atoms with van der Waals surface area (Å²) in [4.78, 5) is 31.5. The molecule has 0 aromatic heterocycles. The fourth-order valence-corrected chi connectivity index (χ4v) is 4.14. The number of nitrogens with zero attached hydrogens (tertiary/aromatic N) is 3. The van der Waals surface area contributed by atoms with E-state index in [9.17, 15) is 9.59 Å². The Labute approximate surface area is 176 Å². The molecule has 2 aliphatic rings. The van der Waals surface area contributed by atoms with Crippen LogP contribution in [0.25, 0.3) is 0 Å². The van der Waals surface area contributed by atoms with E-state index in [0.717, 1.165) is 37.6 Å². The molecular weight excluding hydrogens is 382 g/mol. The van der Waals surface area contributed by atoms with Crippen molar-refractivity contribution in [3.05, 3.63) is 48.5 Å². The average molecular weight is 409 g/mol. The molecule has 0 N–H and O–H groups in total. The Kier molecular flexibility index (Phi) is 5.90. The number of anilines is 2. The Morgan fingerprint density at radius 2 is 1.67 bits per heavy atom. The second-order valence-corrected chi connectivity index (χ2v) is 7.44. The Hall–Kier alpha value is -3.06. The lowest BCUT2D eigenvalue weighted by Gasteiger charge is -2.38. The van der Waals surface area contributed by atoms with Crippen LogP contribution in [0, 0.1) is 0 Å². The molecule has 158 valence electrons. The van der Waals surface area contributed by atoms with E-state index in [-0.39, 0.29) is 18.2 Å². The SMILES string of the molecule is CCOc1cccc(N2C(=O)C[C@@H](N3CCN(c4ccc(OC)cc4)CC3)C2=O)c1. The molecule has 1 atom stereocenters. The number of methoxy groups -OCH3 is 1. The van der Waals surface area contributed by atoms with Gasteiger partial charge in [0, 0.05) is 37.9 Å². The third-order valence-electron chi connectivity index (χ3n) is 5.70. The standard InChI is InChI=1S/C23H27N3O4/c1-3-30-20-6-4-5-18(15-20)26-22(27)16-21(23(26)28)25-13-11-24(12-14-25)17-7-9-19(29-2)10-8-17/h4-10,15,21H,3,11-14,16H2,1-2H3/t21-/m1/s1. The fourth-order valence-electron chi connectivity index (χ4n) is 4.14. The van der Waals surface area contributed by atoms with Crippen molar-refractivity contribution in [3.8, 4) is 11.5 Å². The Bertz CT molecular complexity index is 907. The average Bonchev–Trinajstić information content (AvgIpc) is 3.08. The highest BCUT2D eigenvalue weighted by Gasteiger charge is 2.43. The van der Waals surface area contributed by atoms with E-state index in [2.05, 4.69) is 9.80 Å². The third-order valence-corrected chi connectivity index (χ3v) is 5.70. The molecule has 2 heterocycles. The number of amides is 2. The first-order valence-corrected chi connectivity index (χ1v) is 10.3. The molecule has 2 aromatic carbocycles. The van der Waals surface area contributed by atoms with Crippen LogP contribution in [0.4, 0.5) is 11.4 Å². The molecule has 4 rings (SSSR count). The monoisotopic (exact) mass is 409 g/mol. The van der Waals surface area contributed by atoms with Crippen LogP contribution in [-0.2, 0) is 9.59 Å². The molecule has 7 heteroatoms. The van der Waals surface area contributed by atoms with E-state index in [4.69, 9.17) is 9.47 Å². The summed E-state index contributed by atoms with van der Waals surface area (Å²) in [6.45, 7) is 5.53. The second kappa shape index (κ2) is 8.75. The van der Waals surface area contributed by atoms with Crippen molar-refractivity contribution in [2.45, 2.75) is 19.4 Å². The molecule has 0 spiro atoms. The van der Waals surface area contributed by atoms with Gasteiger partial charge in [-0.3, -0.25) is 14.5 Å². The van der Waals surface area contributed by atoms with Crippen molar-refractivity contribution in [3.63, 3.8) is 0 Å². The number of hydrogen-bond donors (Lipinski definition) is 0. The molecule has 2 fully saturated rings. The molecule has 7 nitrogen and oxygen atoms in total. The zero-order chi connectivity index (χ0) is 21.1. The molecule has 2 saturated heterocycles. The summed E-state index contributed by atoms with van der Waals surface area (Å²) in [5.41, 5.74) is 1.72. The molecule has 2 aromatic rings. The van der Waals surface area contributed by atoms with Gasteiger partial charge >= 0.3 is 0 Å². The van der Waals surface area contributed by atoms with E-state index in [0.29, 0.717) is 18.0 Å². The molecule has 2 aliphatic heterocycles. The van der Waals surface area contributed by atoms with Gasteiger partial charge in [0.05, 0.1) is 31.9 Å². The van der Waals surface area contributed by atoms with Crippen LogP contribution in [0.5, 0.6) is 11.5 Å². The molecule has 0 radical (unpaired) electrons. The third kappa shape index (κ3) is 3.98. The van der Waals surface area contributed by atoms with Crippen LogP contribution in [-0.4, -0.2) is 62.7 Å². The van der Waals surface area contributed by atoms with E-state index < -0.39 is 6.04 Å². The summed E-state index contributed by atoms with van der Waals surface area (Å²) in [7, 11) is 1.66. The summed E-state index contributed by atoms with van der Waals surface area (Å²) in [5, 5.41) is 0. The van der Waals surface area contributed by atoms with Gasteiger partial charge in [-0.1, -0.05) is 6.07 Å². The van der Waals surface area contributed by atoms with Gasteiger partial charge in [0.1, 0.15) is 11.5 Å². The zero-order valence-electron chi connectivity index (χ0n) is 17.4. The van der Waals surface area contributed by atoms with Crippen LogP contribution in [0.15, 0.2) is 48.5 Å². The van der Waals surface area contributed by atoms with Gasteiger partial charge in [0.15, 0.2) is 0 Å². The number of carbonyl (C=O) groups excluding carboxylic acids is 2. The molecule has 0 unspecified atom stereocenters. The van der Waals surface area contributed by atoms with Gasteiger partial charge in [0.2, 0.25) is 5.91 Å². The van der Waals surface area contributed by atoms with Crippen LogP contribution in [0.1, 0.15) is 13.3 Å². The fraction of sp³-hybridized carbons (Fsp3) is 0.391. The summed E-state index contributed by atoms with van der Waals surface area (Å²) >= 11 is 0. The van der Waals surface area contributed by atoms with Gasteiger partial charge in [-0.05, 0) is 43.3 Å². The molecule has 30 heavy (non-hydrogen) atoms. The first-order chi connectivity index (χ1) is 14.6. The summed E-state index contributed by atoms with van der Waals surface area (Å²) in [6, 6.07) is 14.8. The van der Waals surface area contributed by atoms with Crippen LogP contribution in [0.2, 0.25) is 0 Å². The number of hydrogen-bond acceptors (Lipinski definition) is 6. The minimum absolute atomic E-state index is 0.147. The van der Waals surface area contributed by atoms with Crippen molar-refractivity contribution in [2.24, 2.45) is 0 Å². The first kappa shape index (κ1) is 20.2. The zero-order valence-corrected chi connectivity index (χ0v) is 17.4. The Morgan fingerprint density at radius 3 is 2.33 bits per heavy atom. The number of ether oxygens (including phenoxy) is 2. The quantitative estimate of drug-likeness (QED) is 0.684. The van der Waals surface area contributed by atoms with Crippen molar-refractivity contribution in [2.75, 3.05) is 49.7 Å². The van der Waals surface area contributed by atoms with Gasteiger partial charge in [-0.25, -0.2) is 4.90 Å². The molecule has 0 aliphatic carbocycles. The smallest absolute Gasteiger partial charge is 0.251 e. The summed E-state index contributed by atoms with van der Waals surface area (Å²) < 4.78 is 10.7. The van der Waals surface area contributed by atoms with Crippen LogP contribution in [0.3, 0.4) is 0 Å². The number of rotatable bonds is 6. The van der Waals surface area contributed by atoms with E-state index in [1.165, 1.54) is 4.90 Å². The summed E-state index contributed by atoms with van der Waals surface area (Å²) in [6.07, 6.45) is 0.222. The van der Waals surface area contributed by atoms with Gasteiger partial charge in [-0.2, -0.15) is 0 Å². The van der Waals surface area contributed by atoms with Crippen molar-refractivity contribution in [1.82, 2.24) is 4.90 Å². The van der Waals surface area contributed by atoms with E-state index >= 15 is 0 Å². The van der Waals surface area contributed by atoms with Gasteiger partial charge in [-0.15, -0.1) is 0 Å². The maximum atomic E-state index is 13.1. The minimum Gasteiger partial charge on any atom is -0.497 e. The molecule has 0 saturated carbocycles. The molecule has 0 bridgehead atoms. The largest absolute Gasteiger partial charge is 0.497 e. The number of imide groups is 1. The second-order valence-electron chi connectivity index (χ2n) is 7.44. The number of benzene rings is 2. The van der Waals surface area contributed by atoms with Crippen LogP contribution >= 0.6 is 0 Å². The predicted molar refractivity (Wildman–Crippen MR) is 115 cm³/mol. The highest BCUT2D eigenvalue weighted by atomic mass is 16.5. The van der Waals surface area contributed by atoms with Crippen LogP contribution < -0.4 is 19.3 Å². The predicted octanol–water partition coefficient (Wildman–Crippen LogP) is 2.55. The van der Waals surface area contributed by atoms with E-state index in [1.807, 2.05) is 43.3 Å². The first-order valence-electron chi connectivity index (χ1n) is 10.3. The maximum absolute atomic E-state index is 13.1. The van der Waals surface area contributed by atoms with Crippen molar-refractivity contribution < 1.29 is 19.1 Å². The number of carbonyl (C=O) groups is 2. The summed E-state index contributed by atoms with van der Waals surface area (Å²) in [5.74, 6) is 1.19. The minimum atomic E-state index is -0.397. The Morgan fingerprint density at radius 1 is 0.933 bits per heavy atom. The van der Waals surface area contributed by atoms with Crippen molar-refractivity contribution in [1.29, 1.82) is 0 Å². The lowest BCUT2D eigenvalue weighted by atomic mass is 10.1. The van der Waals surface area contributed by atoms with Gasteiger partial charge < -0.3 is 14.4 Å². The molecule has 2 amide bonds. The van der Waals surface area contributed by atoms with Gasteiger partial charge in [0.25, 0.3) is 5.91 Å².